The summed E-state index contributed by atoms with van der Waals surface area (Å²) in [5.41, 5.74) is 0. The van der Waals surface area contributed by atoms with E-state index in [0.717, 1.165) is 63.7 Å². The van der Waals surface area contributed by atoms with E-state index >= 15 is 0 Å². The highest BCUT2D eigenvalue weighted by Crippen LogP contribution is 2.17. The number of esters is 3. The molecule has 0 aromatic carbocycles. The molecule has 0 heterocycles. The quantitative estimate of drug-likeness (QED) is 0.0346. The third kappa shape index (κ3) is 45.5. The normalized spacial score (nSPS) is 11.9. The second-order valence-electron chi connectivity index (χ2n) is 18.3. The molecule has 6 nitrogen and oxygen atoms in total. The van der Waals surface area contributed by atoms with Crippen LogP contribution < -0.4 is 0 Å². The zero-order valence-electron chi connectivity index (χ0n) is 39.5. The van der Waals surface area contributed by atoms with Crippen molar-refractivity contribution in [3.8, 4) is 0 Å². The number of rotatable bonds is 47. The van der Waals surface area contributed by atoms with Crippen molar-refractivity contribution >= 4 is 17.9 Å². The van der Waals surface area contributed by atoms with Gasteiger partial charge in [-0.15, -0.1) is 0 Å². The van der Waals surface area contributed by atoms with Crippen LogP contribution in [0.4, 0.5) is 0 Å². The average molecular weight is 821 g/mol. The predicted octanol–water partition coefficient (Wildman–Crippen LogP) is 16.7. The lowest BCUT2D eigenvalue weighted by molar-refractivity contribution is -0.167. The van der Waals surface area contributed by atoms with E-state index in [1.165, 1.54) is 186 Å². The van der Waals surface area contributed by atoms with Gasteiger partial charge in [-0.1, -0.05) is 252 Å². The minimum atomic E-state index is -0.760. The summed E-state index contributed by atoms with van der Waals surface area (Å²) in [7, 11) is 0. The maximum Gasteiger partial charge on any atom is 0.306 e. The molecule has 0 aliphatic rings. The fourth-order valence-corrected chi connectivity index (χ4v) is 7.86. The summed E-state index contributed by atoms with van der Waals surface area (Å²) >= 11 is 0. The van der Waals surface area contributed by atoms with Gasteiger partial charge in [-0.3, -0.25) is 14.4 Å². The Labute approximate surface area is 361 Å². The summed E-state index contributed by atoms with van der Waals surface area (Å²) < 4.78 is 16.8. The summed E-state index contributed by atoms with van der Waals surface area (Å²) in [5, 5.41) is 0. The van der Waals surface area contributed by atoms with E-state index in [2.05, 4.69) is 27.7 Å². The first-order valence-electron chi connectivity index (χ1n) is 25.9. The lowest BCUT2D eigenvalue weighted by Crippen LogP contribution is -2.30. The maximum atomic E-state index is 12.8. The molecule has 0 aromatic rings. The number of unbranched alkanes of at least 4 members (excludes halogenated alkanes) is 34. The number of ether oxygens (including phenoxy) is 3. The molecule has 0 spiro atoms. The molecule has 0 saturated carbocycles. The van der Waals surface area contributed by atoms with Crippen molar-refractivity contribution in [2.45, 2.75) is 297 Å². The molecule has 344 valence electrons. The Balaban J connectivity index is 4.24. The van der Waals surface area contributed by atoms with Crippen molar-refractivity contribution in [1.82, 2.24) is 0 Å². The third-order valence-corrected chi connectivity index (χ3v) is 11.8. The van der Waals surface area contributed by atoms with E-state index < -0.39 is 6.10 Å². The molecule has 0 bridgehead atoms. The standard InChI is InChI=1S/C52H100O6/c1-5-7-9-11-13-15-17-18-19-20-21-22-23-24-26-28-32-37-41-45-52(55)58-49(47-57-51(54)44-40-36-33-29-30-34-38-42-48(3)4)46-56-50(53)43-39-35-31-27-25-16-14-12-10-8-6-2/h48-49H,5-47H2,1-4H3/t49-/m0/s1. The van der Waals surface area contributed by atoms with Gasteiger partial charge in [0.15, 0.2) is 6.10 Å². The van der Waals surface area contributed by atoms with Crippen LogP contribution >= 0.6 is 0 Å². The molecule has 0 radical (unpaired) electrons. The van der Waals surface area contributed by atoms with Crippen LogP contribution in [-0.2, 0) is 28.6 Å². The summed E-state index contributed by atoms with van der Waals surface area (Å²) in [4.78, 5) is 37.8. The van der Waals surface area contributed by atoms with Crippen LogP contribution in [0.15, 0.2) is 0 Å². The zero-order chi connectivity index (χ0) is 42.4. The molecule has 58 heavy (non-hydrogen) atoms. The van der Waals surface area contributed by atoms with Gasteiger partial charge < -0.3 is 14.2 Å². The van der Waals surface area contributed by atoms with Crippen LogP contribution in [0.25, 0.3) is 0 Å². The van der Waals surface area contributed by atoms with Gasteiger partial charge >= 0.3 is 17.9 Å². The molecule has 6 heteroatoms. The second-order valence-corrected chi connectivity index (χ2v) is 18.3. The molecule has 0 rings (SSSR count). The van der Waals surface area contributed by atoms with Crippen LogP contribution in [0.5, 0.6) is 0 Å². The Kier molecular flexibility index (Phi) is 45.2. The van der Waals surface area contributed by atoms with Gasteiger partial charge in [0.05, 0.1) is 0 Å². The summed E-state index contributed by atoms with van der Waals surface area (Å²) in [6.45, 7) is 8.97. The molecular weight excluding hydrogens is 721 g/mol. The number of carbonyl (C=O) groups excluding carboxylic acids is 3. The van der Waals surface area contributed by atoms with E-state index in [-0.39, 0.29) is 31.1 Å². The molecule has 0 aliphatic carbocycles. The maximum absolute atomic E-state index is 12.8. The molecular formula is C52H100O6. The topological polar surface area (TPSA) is 78.9 Å². The largest absolute Gasteiger partial charge is 0.462 e. The minimum absolute atomic E-state index is 0.0636. The van der Waals surface area contributed by atoms with E-state index in [1.807, 2.05) is 0 Å². The molecule has 0 aromatic heterocycles. The first-order chi connectivity index (χ1) is 28.4. The van der Waals surface area contributed by atoms with Crippen LogP contribution in [0.2, 0.25) is 0 Å². The van der Waals surface area contributed by atoms with E-state index in [0.29, 0.717) is 19.3 Å². The van der Waals surface area contributed by atoms with Crippen LogP contribution in [0.1, 0.15) is 291 Å². The van der Waals surface area contributed by atoms with Gasteiger partial charge in [0, 0.05) is 19.3 Å². The van der Waals surface area contributed by atoms with Crippen molar-refractivity contribution in [2.75, 3.05) is 13.2 Å². The highest BCUT2D eigenvalue weighted by Gasteiger charge is 2.19. The zero-order valence-corrected chi connectivity index (χ0v) is 39.5. The van der Waals surface area contributed by atoms with Crippen LogP contribution in [-0.4, -0.2) is 37.2 Å². The van der Waals surface area contributed by atoms with Gasteiger partial charge in [-0.2, -0.15) is 0 Å². The number of hydrogen-bond acceptors (Lipinski definition) is 6. The second kappa shape index (κ2) is 46.5. The van der Waals surface area contributed by atoms with Crippen molar-refractivity contribution in [2.24, 2.45) is 5.92 Å². The van der Waals surface area contributed by atoms with Gasteiger partial charge in [0.1, 0.15) is 13.2 Å². The fourth-order valence-electron chi connectivity index (χ4n) is 7.86. The predicted molar refractivity (Wildman–Crippen MR) is 247 cm³/mol. The molecule has 0 unspecified atom stereocenters. The van der Waals surface area contributed by atoms with Crippen molar-refractivity contribution in [3.63, 3.8) is 0 Å². The number of hydrogen-bond donors (Lipinski definition) is 0. The minimum Gasteiger partial charge on any atom is -0.462 e. The SMILES string of the molecule is CCCCCCCCCCCCCCCCCCCCCC(=O)O[C@@H](COC(=O)CCCCCCCCCCCCC)COC(=O)CCCCCCCCCC(C)C. The lowest BCUT2D eigenvalue weighted by Gasteiger charge is -2.18. The fraction of sp³-hybridized carbons (Fsp3) is 0.942. The summed E-state index contributed by atoms with van der Waals surface area (Å²) in [6.07, 6.45) is 48.1. The Morgan fingerprint density at radius 2 is 0.569 bits per heavy atom. The van der Waals surface area contributed by atoms with Gasteiger partial charge in [-0.25, -0.2) is 0 Å². The highest BCUT2D eigenvalue weighted by atomic mass is 16.6. The summed E-state index contributed by atoms with van der Waals surface area (Å²) in [5.74, 6) is -0.0677. The van der Waals surface area contributed by atoms with Crippen molar-refractivity contribution in [1.29, 1.82) is 0 Å². The van der Waals surface area contributed by atoms with E-state index in [1.54, 1.807) is 0 Å². The highest BCUT2D eigenvalue weighted by molar-refractivity contribution is 5.71. The van der Waals surface area contributed by atoms with E-state index in [4.69, 9.17) is 14.2 Å². The van der Waals surface area contributed by atoms with Crippen molar-refractivity contribution < 1.29 is 28.6 Å². The van der Waals surface area contributed by atoms with Crippen molar-refractivity contribution in [3.05, 3.63) is 0 Å². The van der Waals surface area contributed by atoms with Gasteiger partial charge in [0.2, 0.25) is 0 Å². The van der Waals surface area contributed by atoms with Gasteiger partial charge in [-0.05, 0) is 25.2 Å². The summed E-state index contributed by atoms with van der Waals surface area (Å²) in [6, 6.07) is 0. The monoisotopic (exact) mass is 821 g/mol. The first-order valence-corrected chi connectivity index (χ1v) is 25.9. The average Bonchev–Trinajstić information content (AvgIpc) is 3.21. The number of carbonyl (C=O) groups is 3. The Morgan fingerprint density at radius 3 is 0.845 bits per heavy atom. The molecule has 0 saturated heterocycles. The third-order valence-electron chi connectivity index (χ3n) is 11.8. The van der Waals surface area contributed by atoms with Gasteiger partial charge in [0.25, 0.3) is 0 Å². The molecule has 0 amide bonds. The lowest BCUT2D eigenvalue weighted by atomic mass is 10.0. The smallest absolute Gasteiger partial charge is 0.306 e. The van der Waals surface area contributed by atoms with Crippen LogP contribution in [0.3, 0.4) is 0 Å². The van der Waals surface area contributed by atoms with Crippen LogP contribution in [0, 0.1) is 5.92 Å². The Bertz CT molecular complexity index is 872. The molecule has 0 aliphatic heterocycles. The van der Waals surface area contributed by atoms with E-state index in [9.17, 15) is 14.4 Å². The molecule has 0 N–H and O–H groups in total. The Morgan fingerprint density at radius 1 is 0.328 bits per heavy atom. The molecule has 0 fully saturated rings. The molecule has 1 atom stereocenters. The first kappa shape index (κ1) is 56.4. The Hall–Kier alpha value is -1.59.